The molecule has 0 aromatic heterocycles. The van der Waals surface area contributed by atoms with Crippen molar-refractivity contribution in [2.75, 3.05) is 13.7 Å². The molecule has 2 nitrogen and oxygen atoms in total. The van der Waals surface area contributed by atoms with Gasteiger partial charge in [0.15, 0.2) is 0 Å². The SMILES string of the molecule is COc1c(Cl)c(C)cc(C)c1CC1CCCN1. The van der Waals surface area contributed by atoms with Crippen molar-refractivity contribution < 1.29 is 4.74 Å². The summed E-state index contributed by atoms with van der Waals surface area (Å²) < 4.78 is 5.49. The molecule has 1 N–H and O–H groups in total. The lowest BCUT2D eigenvalue weighted by Gasteiger charge is -2.18. The second-order valence-electron chi connectivity index (χ2n) is 4.83. The Labute approximate surface area is 108 Å². The number of halogens is 1. The molecule has 1 saturated heterocycles. The van der Waals surface area contributed by atoms with E-state index < -0.39 is 0 Å². The van der Waals surface area contributed by atoms with Gasteiger partial charge in [0, 0.05) is 11.6 Å². The fraction of sp³-hybridized carbons (Fsp3) is 0.571. The van der Waals surface area contributed by atoms with Crippen LogP contribution in [-0.4, -0.2) is 19.7 Å². The lowest BCUT2D eigenvalue weighted by Crippen LogP contribution is -2.24. The Hall–Kier alpha value is -0.730. The molecule has 0 amide bonds. The van der Waals surface area contributed by atoms with Crippen molar-refractivity contribution in [3.63, 3.8) is 0 Å². The third-order valence-corrected chi connectivity index (χ3v) is 4.02. The largest absolute Gasteiger partial charge is 0.495 e. The Morgan fingerprint density at radius 3 is 2.76 bits per heavy atom. The molecule has 1 unspecified atom stereocenters. The first-order valence-corrected chi connectivity index (χ1v) is 6.57. The van der Waals surface area contributed by atoms with Gasteiger partial charge in [0.1, 0.15) is 5.75 Å². The molecule has 1 atom stereocenters. The summed E-state index contributed by atoms with van der Waals surface area (Å²) in [5, 5.41) is 4.27. The van der Waals surface area contributed by atoms with Gasteiger partial charge in [0.05, 0.1) is 12.1 Å². The summed E-state index contributed by atoms with van der Waals surface area (Å²) in [6.45, 7) is 5.29. The monoisotopic (exact) mass is 253 g/mol. The molecule has 1 aromatic rings. The third kappa shape index (κ3) is 2.58. The van der Waals surface area contributed by atoms with Gasteiger partial charge in [-0.1, -0.05) is 17.7 Å². The second-order valence-corrected chi connectivity index (χ2v) is 5.21. The molecule has 94 valence electrons. The van der Waals surface area contributed by atoms with Crippen molar-refractivity contribution in [2.45, 2.75) is 39.2 Å². The summed E-state index contributed by atoms with van der Waals surface area (Å²) in [5.74, 6) is 0.859. The zero-order valence-electron chi connectivity index (χ0n) is 10.8. The van der Waals surface area contributed by atoms with Crippen LogP contribution in [-0.2, 0) is 6.42 Å². The van der Waals surface area contributed by atoms with E-state index in [0.29, 0.717) is 6.04 Å². The van der Waals surface area contributed by atoms with Gasteiger partial charge in [0.25, 0.3) is 0 Å². The van der Waals surface area contributed by atoms with Crippen LogP contribution in [0.4, 0.5) is 0 Å². The van der Waals surface area contributed by atoms with Gasteiger partial charge < -0.3 is 10.1 Å². The number of ether oxygens (including phenoxy) is 1. The summed E-state index contributed by atoms with van der Waals surface area (Å²) >= 11 is 6.31. The van der Waals surface area contributed by atoms with E-state index in [1.807, 2.05) is 6.92 Å². The van der Waals surface area contributed by atoms with Crippen LogP contribution in [0.2, 0.25) is 5.02 Å². The second kappa shape index (κ2) is 5.28. The summed E-state index contributed by atoms with van der Waals surface area (Å²) in [4.78, 5) is 0. The highest BCUT2D eigenvalue weighted by Crippen LogP contribution is 2.35. The molecule has 0 bridgehead atoms. The molecule has 17 heavy (non-hydrogen) atoms. The topological polar surface area (TPSA) is 21.3 Å². The van der Waals surface area contributed by atoms with Crippen molar-refractivity contribution in [3.05, 3.63) is 27.8 Å². The van der Waals surface area contributed by atoms with E-state index in [-0.39, 0.29) is 0 Å². The van der Waals surface area contributed by atoms with Crippen LogP contribution in [0, 0.1) is 13.8 Å². The molecule has 2 rings (SSSR count). The molecule has 0 aliphatic carbocycles. The van der Waals surface area contributed by atoms with E-state index in [1.54, 1.807) is 7.11 Å². The van der Waals surface area contributed by atoms with E-state index in [4.69, 9.17) is 16.3 Å². The molecular weight excluding hydrogens is 234 g/mol. The minimum Gasteiger partial charge on any atom is -0.495 e. The molecule has 0 spiro atoms. The van der Waals surface area contributed by atoms with Crippen molar-refractivity contribution in [1.29, 1.82) is 0 Å². The van der Waals surface area contributed by atoms with Gasteiger partial charge in [-0.25, -0.2) is 0 Å². The van der Waals surface area contributed by atoms with Crippen LogP contribution in [0.15, 0.2) is 6.07 Å². The van der Waals surface area contributed by atoms with E-state index in [0.717, 1.165) is 29.3 Å². The van der Waals surface area contributed by atoms with Crippen LogP contribution >= 0.6 is 11.6 Å². The first-order valence-electron chi connectivity index (χ1n) is 6.19. The summed E-state index contributed by atoms with van der Waals surface area (Å²) in [6.07, 6.45) is 3.52. The molecule has 1 aliphatic heterocycles. The maximum atomic E-state index is 6.31. The van der Waals surface area contributed by atoms with Crippen molar-refractivity contribution in [3.8, 4) is 5.75 Å². The molecule has 3 heteroatoms. The van der Waals surface area contributed by atoms with E-state index in [9.17, 15) is 0 Å². The van der Waals surface area contributed by atoms with Crippen molar-refractivity contribution in [1.82, 2.24) is 5.32 Å². The standard InChI is InChI=1S/C14H20ClNO/c1-9-7-10(2)13(15)14(17-3)12(9)8-11-5-4-6-16-11/h7,11,16H,4-6,8H2,1-3H3. The number of methoxy groups -OCH3 is 1. The Balaban J connectivity index is 2.33. The maximum absolute atomic E-state index is 6.31. The van der Waals surface area contributed by atoms with Gasteiger partial charge in [-0.3, -0.25) is 0 Å². The highest BCUT2D eigenvalue weighted by molar-refractivity contribution is 6.33. The van der Waals surface area contributed by atoms with Crippen LogP contribution in [0.5, 0.6) is 5.75 Å². The smallest absolute Gasteiger partial charge is 0.141 e. The van der Waals surface area contributed by atoms with Crippen molar-refractivity contribution >= 4 is 11.6 Å². The van der Waals surface area contributed by atoms with E-state index in [1.165, 1.54) is 24.0 Å². The fourth-order valence-corrected chi connectivity index (χ4v) is 2.86. The number of hydrogen-bond acceptors (Lipinski definition) is 2. The van der Waals surface area contributed by atoms with Crippen LogP contribution < -0.4 is 10.1 Å². The van der Waals surface area contributed by atoms with Gasteiger partial charge in [-0.2, -0.15) is 0 Å². The molecule has 1 fully saturated rings. The molecular formula is C14H20ClNO. The van der Waals surface area contributed by atoms with Gasteiger partial charge in [-0.05, 0) is 50.8 Å². The lowest BCUT2D eigenvalue weighted by molar-refractivity contribution is 0.406. The number of rotatable bonds is 3. The van der Waals surface area contributed by atoms with Gasteiger partial charge >= 0.3 is 0 Å². The Morgan fingerprint density at radius 2 is 2.18 bits per heavy atom. The molecule has 1 aliphatic rings. The zero-order valence-corrected chi connectivity index (χ0v) is 11.5. The predicted octanol–water partition coefficient (Wildman–Crippen LogP) is 3.26. The number of benzene rings is 1. The molecule has 0 radical (unpaired) electrons. The predicted molar refractivity (Wildman–Crippen MR) is 72.2 cm³/mol. The zero-order chi connectivity index (χ0) is 12.4. The van der Waals surface area contributed by atoms with Crippen LogP contribution in [0.1, 0.15) is 29.5 Å². The lowest BCUT2D eigenvalue weighted by atomic mass is 9.97. The fourth-order valence-electron chi connectivity index (χ4n) is 2.61. The highest BCUT2D eigenvalue weighted by Gasteiger charge is 2.20. The van der Waals surface area contributed by atoms with Gasteiger partial charge in [-0.15, -0.1) is 0 Å². The molecule has 1 heterocycles. The average molecular weight is 254 g/mol. The van der Waals surface area contributed by atoms with E-state index in [2.05, 4.69) is 18.3 Å². The van der Waals surface area contributed by atoms with Gasteiger partial charge in [0.2, 0.25) is 0 Å². The maximum Gasteiger partial charge on any atom is 0.141 e. The summed E-state index contributed by atoms with van der Waals surface area (Å²) in [5.41, 5.74) is 3.61. The minimum atomic E-state index is 0.571. The average Bonchev–Trinajstić information content (AvgIpc) is 2.79. The highest BCUT2D eigenvalue weighted by atomic mass is 35.5. The molecule has 1 aromatic carbocycles. The Kier molecular flexibility index (Phi) is 3.95. The normalized spacial score (nSPS) is 19.6. The summed E-state index contributed by atoms with van der Waals surface area (Å²) in [7, 11) is 1.70. The molecule has 0 saturated carbocycles. The first-order chi connectivity index (χ1) is 8.13. The Morgan fingerprint density at radius 1 is 1.41 bits per heavy atom. The number of nitrogens with one attached hydrogen (secondary N) is 1. The quantitative estimate of drug-likeness (QED) is 0.893. The van der Waals surface area contributed by atoms with Crippen LogP contribution in [0.25, 0.3) is 0 Å². The van der Waals surface area contributed by atoms with Crippen LogP contribution in [0.3, 0.4) is 0 Å². The number of hydrogen-bond donors (Lipinski definition) is 1. The van der Waals surface area contributed by atoms with E-state index >= 15 is 0 Å². The van der Waals surface area contributed by atoms with Crippen molar-refractivity contribution in [2.24, 2.45) is 0 Å². The first kappa shape index (κ1) is 12.7. The summed E-state index contributed by atoms with van der Waals surface area (Å²) in [6, 6.07) is 2.72. The minimum absolute atomic E-state index is 0.571. The Bertz CT molecular complexity index is 411. The number of aryl methyl sites for hydroxylation is 2. The third-order valence-electron chi connectivity index (χ3n) is 3.55.